The average molecular weight is 321 g/mol. The van der Waals surface area contributed by atoms with Gasteiger partial charge in [0, 0.05) is 5.69 Å². The van der Waals surface area contributed by atoms with Gasteiger partial charge in [-0.05, 0) is 36.8 Å². The third-order valence-electron chi connectivity index (χ3n) is 3.29. The molecule has 0 aliphatic rings. The zero-order valence-electron chi connectivity index (χ0n) is 12.3. The van der Waals surface area contributed by atoms with Crippen LogP contribution in [0.3, 0.4) is 0 Å². The molecule has 0 heterocycles. The van der Waals surface area contributed by atoms with Crippen molar-refractivity contribution in [2.45, 2.75) is 18.7 Å². The van der Waals surface area contributed by atoms with Gasteiger partial charge in [-0.2, -0.15) is 0 Å². The molecule has 0 aromatic heterocycles. The van der Waals surface area contributed by atoms with Gasteiger partial charge in [0.25, 0.3) is 5.91 Å². The molecule has 22 heavy (non-hydrogen) atoms. The minimum absolute atomic E-state index is 0.0240. The highest BCUT2D eigenvalue weighted by atomic mass is 32.2. The fourth-order valence-corrected chi connectivity index (χ4v) is 3.09. The summed E-state index contributed by atoms with van der Waals surface area (Å²) < 4.78 is 37.4. The third kappa shape index (κ3) is 3.33. The van der Waals surface area contributed by atoms with Gasteiger partial charge in [0.15, 0.2) is 9.84 Å². The Labute approximate surface area is 128 Å². The predicted octanol–water partition coefficient (Wildman–Crippen LogP) is 3.18. The SMILES string of the molecule is CCS(=O)(=O)c1ccccc1C(=O)Nc1cc(F)ccc1C. The number of carbonyl (C=O) groups excluding carboxylic acids is 1. The molecule has 0 aliphatic carbocycles. The lowest BCUT2D eigenvalue weighted by Crippen LogP contribution is -2.17. The molecule has 0 unspecified atom stereocenters. The van der Waals surface area contributed by atoms with E-state index in [1.807, 2.05) is 0 Å². The zero-order chi connectivity index (χ0) is 16.3. The highest BCUT2D eigenvalue weighted by Crippen LogP contribution is 2.21. The zero-order valence-corrected chi connectivity index (χ0v) is 13.1. The van der Waals surface area contributed by atoms with E-state index in [-0.39, 0.29) is 16.2 Å². The maximum atomic E-state index is 13.3. The molecule has 2 rings (SSSR count). The summed E-state index contributed by atoms with van der Waals surface area (Å²) in [6, 6.07) is 10.0. The van der Waals surface area contributed by atoms with Gasteiger partial charge >= 0.3 is 0 Å². The average Bonchev–Trinajstić information content (AvgIpc) is 2.51. The minimum atomic E-state index is -3.52. The number of sulfone groups is 1. The van der Waals surface area contributed by atoms with Crippen molar-refractivity contribution in [1.82, 2.24) is 0 Å². The van der Waals surface area contributed by atoms with Crippen LogP contribution in [0.25, 0.3) is 0 Å². The first-order chi connectivity index (χ1) is 10.3. The van der Waals surface area contributed by atoms with Crippen LogP contribution in [-0.4, -0.2) is 20.1 Å². The van der Waals surface area contributed by atoms with E-state index in [0.717, 1.165) is 0 Å². The maximum Gasteiger partial charge on any atom is 0.256 e. The number of aryl methyl sites for hydroxylation is 1. The summed E-state index contributed by atoms with van der Waals surface area (Å²) in [7, 11) is -3.52. The Bertz CT molecular complexity index is 816. The van der Waals surface area contributed by atoms with E-state index >= 15 is 0 Å². The lowest BCUT2D eigenvalue weighted by atomic mass is 10.1. The predicted molar refractivity (Wildman–Crippen MR) is 83.3 cm³/mol. The van der Waals surface area contributed by atoms with Crippen molar-refractivity contribution in [2.24, 2.45) is 0 Å². The van der Waals surface area contributed by atoms with Crippen molar-refractivity contribution < 1.29 is 17.6 Å². The first-order valence-corrected chi connectivity index (χ1v) is 8.39. The Balaban J connectivity index is 2.41. The van der Waals surface area contributed by atoms with Gasteiger partial charge in [0.2, 0.25) is 0 Å². The molecule has 4 nitrogen and oxygen atoms in total. The molecular formula is C16H16FNO3S. The molecule has 0 saturated heterocycles. The van der Waals surface area contributed by atoms with Gasteiger partial charge in [-0.3, -0.25) is 4.79 Å². The molecule has 0 bridgehead atoms. The Morgan fingerprint density at radius 1 is 1.18 bits per heavy atom. The van der Waals surface area contributed by atoms with Crippen LogP contribution in [0.15, 0.2) is 47.4 Å². The van der Waals surface area contributed by atoms with Crippen molar-refractivity contribution in [3.63, 3.8) is 0 Å². The van der Waals surface area contributed by atoms with E-state index in [4.69, 9.17) is 0 Å². The van der Waals surface area contributed by atoms with Crippen LogP contribution in [0.4, 0.5) is 10.1 Å². The van der Waals surface area contributed by atoms with E-state index in [0.29, 0.717) is 11.3 Å². The van der Waals surface area contributed by atoms with Crippen LogP contribution < -0.4 is 5.32 Å². The van der Waals surface area contributed by atoms with E-state index in [9.17, 15) is 17.6 Å². The number of halogens is 1. The number of hydrogen-bond acceptors (Lipinski definition) is 3. The number of anilines is 1. The molecule has 0 saturated carbocycles. The first-order valence-electron chi connectivity index (χ1n) is 6.74. The molecule has 0 spiro atoms. The molecule has 0 fully saturated rings. The van der Waals surface area contributed by atoms with E-state index in [1.54, 1.807) is 25.1 Å². The topological polar surface area (TPSA) is 63.2 Å². The molecule has 1 amide bonds. The lowest BCUT2D eigenvalue weighted by molar-refractivity contribution is 0.102. The first kappa shape index (κ1) is 16.2. The van der Waals surface area contributed by atoms with Crippen LogP contribution in [0, 0.1) is 12.7 Å². The number of benzene rings is 2. The van der Waals surface area contributed by atoms with Gasteiger partial charge < -0.3 is 5.32 Å². The number of amides is 1. The molecule has 2 aromatic rings. The number of carbonyl (C=O) groups is 1. The highest BCUT2D eigenvalue weighted by molar-refractivity contribution is 7.91. The molecule has 116 valence electrons. The molecule has 2 aromatic carbocycles. The summed E-state index contributed by atoms with van der Waals surface area (Å²) in [5.74, 6) is -1.16. The second-order valence-corrected chi connectivity index (χ2v) is 7.06. The second kappa shape index (κ2) is 6.27. The van der Waals surface area contributed by atoms with Gasteiger partial charge in [-0.1, -0.05) is 25.1 Å². The fraction of sp³-hybridized carbons (Fsp3) is 0.188. The van der Waals surface area contributed by atoms with Crippen molar-refractivity contribution in [3.05, 3.63) is 59.4 Å². The maximum absolute atomic E-state index is 13.3. The normalized spacial score (nSPS) is 11.2. The largest absolute Gasteiger partial charge is 0.322 e. The lowest BCUT2D eigenvalue weighted by Gasteiger charge is -2.11. The molecule has 6 heteroatoms. The van der Waals surface area contributed by atoms with Crippen LogP contribution in [0.1, 0.15) is 22.8 Å². The summed E-state index contributed by atoms with van der Waals surface area (Å²) in [5.41, 5.74) is 1.05. The number of rotatable bonds is 4. The van der Waals surface area contributed by atoms with E-state index in [1.165, 1.54) is 31.2 Å². The quantitative estimate of drug-likeness (QED) is 0.940. The van der Waals surface area contributed by atoms with Crippen molar-refractivity contribution in [1.29, 1.82) is 0 Å². The summed E-state index contributed by atoms with van der Waals surface area (Å²) in [6.45, 7) is 3.24. The molecule has 0 atom stereocenters. The van der Waals surface area contributed by atoms with Crippen LogP contribution in [-0.2, 0) is 9.84 Å². The number of hydrogen-bond donors (Lipinski definition) is 1. The number of nitrogens with one attached hydrogen (secondary N) is 1. The third-order valence-corrected chi connectivity index (χ3v) is 5.08. The van der Waals surface area contributed by atoms with Crippen LogP contribution in [0.5, 0.6) is 0 Å². The van der Waals surface area contributed by atoms with Crippen molar-refractivity contribution >= 4 is 21.4 Å². The molecule has 0 aliphatic heterocycles. The van der Waals surface area contributed by atoms with Gasteiger partial charge in [0.05, 0.1) is 16.2 Å². The van der Waals surface area contributed by atoms with Crippen LogP contribution >= 0.6 is 0 Å². The van der Waals surface area contributed by atoms with E-state index < -0.39 is 21.6 Å². The highest BCUT2D eigenvalue weighted by Gasteiger charge is 2.20. The summed E-state index contributed by atoms with van der Waals surface area (Å²) in [5, 5.41) is 2.56. The Morgan fingerprint density at radius 3 is 2.55 bits per heavy atom. The summed E-state index contributed by atoms with van der Waals surface area (Å²) >= 11 is 0. The van der Waals surface area contributed by atoms with Gasteiger partial charge in [0.1, 0.15) is 5.82 Å². The van der Waals surface area contributed by atoms with E-state index in [2.05, 4.69) is 5.32 Å². The molecule has 1 N–H and O–H groups in total. The van der Waals surface area contributed by atoms with Crippen LogP contribution in [0.2, 0.25) is 0 Å². The summed E-state index contributed by atoms with van der Waals surface area (Å²) in [4.78, 5) is 12.3. The monoisotopic (exact) mass is 321 g/mol. The fourth-order valence-electron chi connectivity index (χ4n) is 2.00. The molecular weight excluding hydrogens is 305 g/mol. The van der Waals surface area contributed by atoms with Crippen molar-refractivity contribution in [2.75, 3.05) is 11.1 Å². The summed E-state index contributed by atoms with van der Waals surface area (Å²) in [6.07, 6.45) is 0. The standard InChI is InChI=1S/C16H16FNO3S/c1-3-22(20,21)15-7-5-4-6-13(15)16(19)18-14-10-12(17)9-8-11(14)2/h4-10H,3H2,1-2H3,(H,18,19). The Kier molecular flexibility index (Phi) is 4.61. The smallest absolute Gasteiger partial charge is 0.256 e. The van der Waals surface area contributed by atoms with Gasteiger partial charge in [-0.25, -0.2) is 12.8 Å². The minimum Gasteiger partial charge on any atom is -0.322 e. The second-order valence-electron chi connectivity index (χ2n) is 4.81. The Hall–Kier alpha value is -2.21. The van der Waals surface area contributed by atoms with Crippen molar-refractivity contribution in [3.8, 4) is 0 Å². The Morgan fingerprint density at radius 2 is 1.86 bits per heavy atom. The van der Waals surface area contributed by atoms with Gasteiger partial charge in [-0.15, -0.1) is 0 Å². The molecule has 0 radical (unpaired) electrons.